The number of carbonyl (C=O) groups is 2. The van der Waals surface area contributed by atoms with Crippen LogP contribution in [0.3, 0.4) is 0 Å². The summed E-state index contributed by atoms with van der Waals surface area (Å²) in [6.45, 7) is 2.34. The van der Waals surface area contributed by atoms with E-state index in [1.54, 1.807) is 12.0 Å². The first-order valence-corrected chi connectivity index (χ1v) is 12.5. The molecular weight excluding hydrogens is 463 g/mol. The number of amides is 2. The van der Waals surface area contributed by atoms with Gasteiger partial charge in [0, 0.05) is 45.0 Å². The van der Waals surface area contributed by atoms with Crippen LogP contribution in [-0.2, 0) is 19.6 Å². The van der Waals surface area contributed by atoms with Crippen LogP contribution in [0.2, 0.25) is 0 Å². The highest BCUT2D eigenvalue weighted by molar-refractivity contribution is 7.89. The molecule has 2 aromatic rings. The topological polar surface area (TPSA) is 99.3 Å². The second-order valence-corrected chi connectivity index (χ2v) is 10.0. The lowest BCUT2D eigenvalue weighted by molar-refractivity contribution is -0.137. The van der Waals surface area contributed by atoms with Crippen LogP contribution >= 0.6 is 0 Å². The third-order valence-corrected chi connectivity index (χ3v) is 8.06. The summed E-state index contributed by atoms with van der Waals surface area (Å²) in [5.74, 6) is -0.586. The first-order valence-electron chi connectivity index (χ1n) is 11.0. The summed E-state index contributed by atoms with van der Waals surface area (Å²) in [7, 11) is -2.46. The van der Waals surface area contributed by atoms with E-state index in [0.29, 0.717) is 26.2 Å². The highest BCUT2D eigenvalue weighted by Gasteiger charge is 2.40. The van der Waals surface area contributed by atoms with Crippen LogP contribution < -0.4 is 15.0 Å². The summed E-state index contributed by atoms with van der Waals surface area (Å²) in [5.41, 5.74) is 1.02. The highest BCUT2D eigenvalue weighted by Crippen LogP contribution is 2.24. The van der Waals surface area contributed by atoms with Gasteiger partial charge in [0.15, 0.2) is 0 Å². The van der Waals surface area contributed by atoms with Crippen LogP contribution in [0, 0.1) is 5.82 Å². The Balaban J connectivity index is 1.42. The van der Waals surface area contributed by atoms with Crippen LogP contribution in [0.25, 0.3) is 0 Å². The molecule has 2 fully saturated rings. The van der Waals surface area contributed by atoms with Gasteiger partial charge in [-0.1, -0.05) is 0 Å². The number of ether oxygens (including phenoxy) is 1. The number of rotatable bonds is 6. The van der Waals surface area contributed by atoms with Gasteiger partial charge in [-0.3, -0.25) is 9.59 Å². The van der Waals surface area contributed by atoms with Crippen molar-refractivity contribution >= 4 is 27.5 Å². The molecule has 0 unspecified atom stereocenters. The fourth-order valence-corrected chi connectivity index (χ4v) is 5.81. The van der Waals surface area contributed by atoms with Crippen LogP contribution in [-0.4, -0.2) is 81.9 Å². The number of anilines is 1. The number of nitrogens with one attached hydrogen (secondary N) is 1. The Bertz CT molecular complexity index is 1130. The third kappa shape index (κ3) is 5.00. The molecule has 2 heterocycles. The molecule has 11 heteroatoms. The van der Waals surface area contributed by atoms with Crippen LogP contribution in [0.5, 0.6) is 5.75 Å². The molecule has 0 radical (unpaired) electrons. The number of methoxy groups -OCH3 is 1. The second-order valence-electron chi connectivity index (χ2n) is 8.15. The van der Waals surface area contributed by atoms with Gasteiger partial charge in [0.25, 0.3) is 0 Å². The Kier molecular flexibility index (Phi) is 7.03. The molecule has 2 saturated heterocycles. The summed E-state index contributed by atoms with van der Waals surface area (Å²) < 4.78 is 45.8. The number of halogens is 1. The molecule has 9 nitrogen and oxygen atoms in total. The van der Waals surface area contributed by atoms with Crippen molar-refractivity contribution in [3.05, 3.63) is 54.3 Å². The van der Waals surface area contributed by atoms with Crippen molar-refractivity contribution in [3.8, 4) is 5.75 Å². The number of hydrogen-bond donors (Lipinski definition) is 1. The number of carbonyl (C=O) groups excluding carboxylic acids is 2. The molecule has 0 aromatic heterocycles. The summed E-state index contributed by atoms with van der Waals surface area (Å²) in [5, 5.41) is 2.65. The van der Waals surface area contributed by atoms with E-state index in [2.05, 4.69) is 10.2 Å². The molecular formula is C23H27FN4O5S. The fraction of sp³-hybridized carbons (Fsp3) is 0.391. The van der Waals surface area contributed by atoms with Gasteiger partial charge in [0.2, 0.25) is 21.8 Å². The van der Waals surface area contributed by atoms with Crippen molar-refractivity contribution in [2.45, 2.75) is 17.4 Å². The number of hydrogen-bond acceptors (Lipinski definition) is 6. The number of benzene rings is 2. The lowest BCUT2D eigenvalue weighted by atomic mass is 10.1. The second kappa shape index (κ2) is 9.98. The van der Waals surface area contributed by atoms with Crippen molar-refractivity contribution in [1.29, 1.82) is 0 Å². The normalized spacial score (nSPS) is 19.6. The van der Waals surface area contributed by atoms with Gasteiger partial charge in [-0.05, 0) is 48.5 Å². The summed E-state index contributed by atoms with van der Waals surface area (Å²) >= 11 is 0. The van der Waals surface area contributed by atoms with Gasteiger partial charge >= 0.3 is 0 Å². The predicted octanol–water partition coefficient (Wildman–Crippen LogP) is 1.06. The molecule has 4 rings (SSSR count). The fourth-order valence-electron chi connectivity index (χ4n) is 4.22. The molecule has 1 atom stereocenters. The maximum Gasteiger partial charge on any atom is 0.243 e. The molecule has 0 aliphatic carbocycles. The van der Waals surface area contributed by atoms with Crippen molar-refractivity contribution in [1.82, 2.24) is 14.5 Å². The standard InChI is InChI=1S/C23H27FN4O5S/c1-33-19-6-4-18(5-7-19)26-12-14-27(15-13-26)22(29)16-21-23(30)25-10-11-28(21)34(31,32)20-8-2-17(24)3-9-20/h2-9,21H,10-16H2,1H3,(H,25,30)/t21-/m1/s1. The first-order chi connectivity index (χ1) is 16.3. The quantitative estimate of drug-likeness (QED) is 0.650. The Hall–Kier alpha value is -3.18. The van der Waals surface area contributed by atoms with Crippen LogP contribution in [0.1, 0.15) is 6.42 Å². The summed E-state index contributed by atoms with van der Waals surface area (Å²) in [4.78, 5) is 29.3. The molecule has 2 aliphatic heterocycles. The van der Waals surface area contributed by atoms with E-state index >= 15 is 0 Å². The van der Waals surface area contributed by atoms with Crippen LogP contribution in [0.15, 0.2) is 53.4 Å². The lowest BCUT2D eigenvalue weighted by Crippen LogP contribution is -2.59. The smallest absolute Gasteiger partial charge is 0.243 e. The number of piperazine rings is 2. The molecule has 0 saturated carbocycles. The van der Waals surface area contributed by atoms with Gasteiger partial charge in [0.05, 0.1) is 18.4 Å². The zero-order valence-corrected chi connectivity index (χ0v) is 19.6. The zero-order chi connectivity index (χ0) is 24.3. The molecule has 1 N–H and O–H groups in total. The largest absolute Gasteiger partial charge is 0.497 e. The number of nitrogens with zero attached hydrogens (tertiary/aromatic N) is 3. The lowest BCUT2D eigenvalue weighted by Gasteiger charge is -2.38. The Labute approximate surface area is 198 Å². The Morgan fingerprint density at radius 2 is 1.68 bits per heavy atom. The van der Waals surface area contributed by atoms with Crippen molar-refractivity contribution in [2.24, 2.45) is 0 Å². The van der Waals surface area contributed by atoms with E-state index in [1.807, 2.05) is 24.3 Å². The average molecular weight is 491 g/mol. The summed E-state index contributed by atoms with van der Waals surface area (Å²) in [6.07, 6.45) is -0.255. The van der Waals surface area contributed by atoms with Crippen molar-refractivity contribution < 1.29 is 27.1 Å². The molecule has 34 heavy (non-hydrogen) atoms. The molecule has 0 spiro atoms. The Morgan fingerprint density at radius 3 is 2.29 bits per heavy atom. The third-order valence-electron chi connectivity index (χ3n) is 6.14. The minimum absolute atomic E-state index is 0.0364. The minimum Gasteiger partial charge on any atom is -0.497 e. The maximum absolute atomic E-state index is 13.3. The Morgan fingerprint density at radius 1 is 1.03 bits per heavy atom. The molecule has 0 bridgehead atoms. The SMILES string of the molecule is COc1ccc(N2CCN(C(=O)C[C@@H]3C(=O)NCCN3S(=O)(=O)c3ccc(F)cc3)CC2)cc1. The monoisotopic (exact) mass is 490 g/mol. The van der Waals surface area contributed by atoms with Gasteiger partial charge < -0.3 is 19.9 Å². The van der Waals surface area contributed by atoms with Crippen molar-refractivity contribution in [3.63, 3.8) is 0 Å². The van der Waals surface area contributed by atoms with Gasteiger partial charge in [-0.15, -0.1) is 0 Å². The van der Waals surface area contributed by atoms with Gasteiger partial charge in [-0.25, -0.2) is 12.8 Å². The molecule has 2 amide bonds. The summed E-state index contributed by atoms with van der Waals surface area (Å²) in [6, 6.07) is 11.0. The van der Waals surface area contributed by atoms with E-state index in [1.165, 1.54) is 0 Å². The highest BCUT2D eigenvalue weighted by atomic mass is 32.2. The first kappa shape index (κ1) is 24.0. The van der Waals surface area contributed by atoms with E-state index in [-0.39, 0.29) is 30.3 Å². The average Bonchev–Trinajstić information content (AvgIpc) is 2.85. The maximum atomic E-state index is 13.3. The minimum atomic E-state index is -4.07. The van der Waals surface area contributed by atoms with E-state index in [0.717, 1.165) is 40.0 Å². The van der Waals surface area contributed by atoms with Gasteiger partial charge in [0.1, 0.15) is 17.6 Å². The molecule has 2 aliphatic rings. The van der Waals surface area contributed by atoms with E-state index in [4.69, 9.17) is 4.74 Å². The van der Waals surface area contributed by atoms with E-state index in [9.17, 15) is 22.4 Å². The van der Waals surface area contributed by atoms with Gasteiger partial charge in [-0.2, -0.15) is 4.31 Å². The molecule has 2 aromatic carbocycles. The zero-order valence-electron chi connectivity index (χ0n) is 18.8. The van der Waals surface area contributed by atoms with E-state index < -0.39 is 27.8 Å². The van der Waals surface area contributed by atoms with Crippen molar-refractivity contribution in [2.75, 3.05) is 51.3 Å². The number of sulfonamides is 1. The molecule has 182 valence electrons. The van der Waals surface area contributed by atoms with Crippen LogP contribution in [0.4, 0.5) is 10.1 Å². The predicted molar refractivity (Wildman–Crippen MR) is 123 cm³/mol.